The molecule has 8 rings (SSSR count). The van der Waals surface area contributed by atoms with E-state index in [1.807, 2.05) is 88.4 Å². The first-order chi connectivity index (χ1) is 46.1. The van der Waals surface area contributed by atoms with E-state index in [9.17, 15) is 55.8 Å². The van der Waals surface area contributed by atoms with Gasteiger partial charge in [-0.3, -0.25) is 33.6 Å². The quantitative estimate of drug-likeness (QED) is 0.0226. The fourth-order valence-corrected chi connectivity index (χ4v) is 11.9. The van der Waals surface area contributed by atoms with E-state index >= 15 is 0 Å². The van der Waals surface area contributed by atoms with Gasteiger partial charge in [-0.1, -0.05) is 167 Å². The third-order valence-electron chi connectivity index (χ3n) is 15.2. The van der Waals surface area contributed by atoms with Crippen LogP contribution in [0.2, 0.25) is 0 Å². The van der Waals surface area contributed by atoms with Crippen LogP contribution in [0, 0.1) is 13.8 Å². The molecule has 0 saturated heterocycles. The van der Waals surface area contributed by atoms with Crippen LogP contribution in [0.15, 0.2) is 192 Å². The Morgan fingerprint density at radius 2 is 0.887 bits per heavy atom. The Balaban J connectivity index is 0.000000255. The zero-order valence-corrected chi connectivity index (χ0v) is 56.3. The normalized spacial score (nSPS) is 14.0. The molecule has 516 valence electrons. The van der Waals surface area contributed by atoms with Gasteiger partial charge in [0.25, 0.3) is 31.9 Å². The van der Waals surface area contributed by atoms with Gasteiger partial charge < -0.3 is 48.5 Å². The Bertz CT molecular complexity index is 4160. The molecule has 0 spiro atoms. The molecule has 2 aromatic heterocycles. The number of sulfonamides is 2. The van der Waals surface area contributed by atoms with E-state index in [-0.39, 0.29) is 40.2 Å². The Hall–Kier alpha value is -9.42. The molecule has 0 aliphatic carbocycles. The van der Waals surface area contributed by atoms with Gasteiger partial charge in [-0.05, 0) is 113 Å². The monoisotopic (exact) mass is 1370 g/mol. The molecule has 0 fully saturated rings. The fourth-order valence-electron chi connectivity index (χ4n) is 9.29. The molecule has 2 heterocycles. The van der Waals surface area contributed by atoms with Crippen LogP contribution in [0.1, 0.15) is 96.6 Å². The van der Waals surface area contributed by atoms with Crippen LogP contribution in [0.3, 0.4) is 0 Å². The Morgan fingerprint density at radius 1 is 0.505 bits per heavy atom. The highest BCUT2D eigenvalue weighted by molar-refractivity contribution is 7.89. The van der Waals surface area contributed by atoms with Gasteiger partial charge in [0.15, 0.2) is 0 Å². The molecular weight excluding hydrogens is 1280 g/mol. The van der Waals surface area contributed by atoms with Crippen molar-refractivity contribution in [3.63, 3.8) is 0 Å². The Kier molecular flexibility index (Phi) is 28.9. The minimum absolute atomic E-state index is 0.0241. The lowest BCUT2D eigenvalue weighted by Crippen LogP contribution is -2.56. The summed E-state index contributed by atoms with van der Waals surface area (Å²) in [7, 11) is -8.16. The van der Waals surface area contributed by atoms with Crippen molar-refractivity contribution < 1.29 is 70.6 Å². The molecule has 6 aromatic carbocycles. The number of rotatable bonds is 31. The average molecular weight is 1370 g/mol. The first-order valence-electron chi connectivity index (χ1n) is 31.2. The van der Waals surface area contributed by atoms with Gasteiger partial charge in [0.2, 0.25) is 17.7 Å². The minimum Gasteiger partial charge on any atom is -0.480 e. The number of benzene rings is 6. The summed E-state index contributed by atoms with van der Waals surface area (Å²) in [6.45, 7) is 10.2. The largest absolute Gasteiger partial charge is 0.480 e. The number of nitrogens with one attached hydrogen (secondary N) is 3. The van der Waals surface area contributed by atoms with Crippen LogP contribution >= 0.6 is 0 Å². The maximum Gasteiger partial charge on any atom is 0.326 e. The third-order valence-corrected chi connectivity index (χ3v) is 18.5. The number of pyridine rings is 2. The molecule has 0 saturated carbocycles. The number of hydrogen-bond donors (Lipinski definition) is 9. The van der Waals surface area contributed by atoms with Crippen LogP contribution < -0.4 is 33.2 Å². The summed E-state index contributed by atoms with van der Waals surface area (Å²) in [4.78, 5) is 92.7. The van der Waals surface area contributed by atoms with Crippen molar-refractivity contribution in [3.05, 3.63) is 216 Å². The van der Waals surface area contributed by atoms with Crippen LogP contribution in [0.4, 0.5) is 0 Å². The van der Waals surface area contributed by atoms with Gasteiger partial charge in [0, 0.05) is 16.8 Å². The lowest BCUT2D eigenvalue weighted by Gasteiger charge is -2.31. The molecule has 97 heavy (non-hydrogen) atoms. The third kappa shape index (κ3) is 23.4. The number of aliphatic carboxylic acids is 1. The van der Waals surface area contributed by atoms with Crippen molar-refractivity contribution in [2.45, 2.75) is 138 Å². The van der Waals surface area contributed by atoms with Crippen LogP contribution in [-0.4, -0.2) is 148 Å². The number of primary amides is 2. The number of hydrogen-bond acceptors (Lipinski definition) is 17. The van der Waals surface area contributed by atoms with Crippen LogP contribution in [-0.2, 0) is 61.7 Å². The van der Waals surface area contributed by atoms with E-state index in [0.29, 0.717) is 30.3 Å². The second-order valence-electron chi connectivity index (χ2n) is 23.1. The molecule has 12 N–H and O–H groups in total. The van der Waals surface area contributed by atoms with Gasteiger partial charge in [-0.15, -0.1) is 0 Å². The number of carbonyl (C=O) groups is 6. The molecule has 0 aliphatic rings. The lowest BCUT2D eigenvalue weighted by molar-refractivity contribution is -0.144. The number of aliphatic hydroxyl groups excluding tert-OH is 2. The maximum absolute atomic E-state index is 13.7. The molecule has 2 unspecified atom stereocenters. The van der Waals surface area contributed by atoms with Gasteiger partial charge in [0.05, 0.1) is 77.2 Å². The summed E-state index contributed by atoms with van der Waals surface area (Å²) >= 11 is 0. The van der Waals surface area contributed by atoms with Crippen molar-refractivity contribution in [3.8, 4) is 0 Å². The van der Waals surface area contributed by atoms with E-state index in [1.165, 1.54) is 36.4 Å². The number of nitrogens with two attached hydrogens (primary N) is 3. The fraction of sp³-hybridized carbons (Fsp3) is 0.314. The molecule has 8 aromatic rings. The first-order valence-corrected chi connectivity index (χ1v) is 34.1. The number of aryl methyl sites for hydroxylation is 2. The molecule has 5 amide bonds. The summed E-state index contributed by atoms with van der Waals surface area (Å²) in [6, 6.07) is 47.6. The van der Waals surface area contributed by atoms with Crippen molar-refractivity contribution >= 4 is 77.4 Å². The zero-order valence-electron chi connectivity index (χ0n) is 54.7. The molecule has 25 nitrogen and oxygen atoms in total. The topological polar surface area (TPSA) is 396 Å². The number of hydroxylamine groups is 2. The smallest absolute Gasteiger partial charge is 0.326 e. The number of fused-ring (bicyclic) bond motifs is 2. The number of para-hydroxylation sites is 2. The van der Waals surface area contributed by atoms with Crippen molar-refractivity contribution in [1.82, 2.24) is 34.9 Å². The standard InChI is InChI=1S/C35H41N5O7S.C21H30N2O4S.C14H13N3O4/c1-4-24(3)47-40(48(45,46)27-17-14-23(2)15-18-27)22-32(41)30(20-25-10-6-5-7-11-25)38-35(44)31(21-33(36)42)39-34(43)29-19-16-26-12-8-9-13-28(26)37-29;1-4-17(3)27-23(28(25,26)19-12-10-16(2)11-13-19)15-21(24)20(22)14-18-8-6-5-7-9-18;15-12(18)7-11(14(20)21)17-13(19)10-6-5-8-3-1-2-4-9(8)16-10/h5-19,24,30-32,41H,4,20-22H2,1-3H3,(H2,36,42)(H,38,44)(H,39,43);5-13,17,20-21,24H,4,14-15,22H2,1-3H3;1-6,11H,7H2,(H2,15,18)(H,17,19)(H,20,21)/t24?,30-,31-,32+;17?,20-,21+;11-/m000/s1. The van der Waals surface area contributed by atoms with Crippen molar-refractivity contribution in [2.24, 2.45) is 17.2 Å². The molecule has 0 radical (unpaired) electrons. The number of carboxylic acids is 1. The Morgan fingerprint density at radius 3 is 1.30 bits per heavy atom. The SMILES string of the molecule is CCC(C)ON(C[C@@H](O)[C@@H](N)Cc1ccccc1)S(=O)(=O)c1ccc(C)cc1.CCC(C)ON(C[C@@H](O)[C@H](Cc1ccccc1)NC(=O)[C@H](CC(N)=O)NC(=O)c1ccc2ccccc2n1)S(=O)(=O)c1ccc(C)cc1.NC(=O)C[C@H](NC(=O)c1ccc2ccccc2n1)C(=O)O. The number of carboxylic acid groups (broad SMARTS) is 1. The number of nitrogens with zero attached hydrogens (tertiary/aromatic N) is 4. The predicted octanol–water partition coefficient (Wildman–Crippen LogP) is 5.97. The Labute approximate surface area is 564 Å². The highest BCUT2D eigenvalue weighted by Crippen LogP contribution is 2.23. The molecular formula is C70H84N10O15S2. The molecule has 8 atom stereocenters. The molecule has 0 bridgehead atoms. The lowest BCUT2D eigenvalue weighted by atomic mass is 10.00. The van der Waals surface area contributed by atoms with E-state index in [4.69, 9.17) is 32.0 Å². The van der Waals surface area contributed by atoms with Crippen molar-refractivity contribution in [1.29, 1.82) is 0 Å². The summed E-state index contributed by atoms with van der Waals surface area (Å²) < 4.78 is 55.1. The maximum atomic E-state index is 13.7. The average Bonchev–Trinajstić information content (AvgIpc) is 0.830. The zero-order chi connectivity index (χ0) is 71.0. The van der Waals surface area contributed by atoms with Crippen LogP contribution in [0.5, 0.6) is 0 Å². The summed E-state index contributed by atoms with van der Waals surface area (Å²) in [6.07, 6.45) is -2.79. The highest BCUT2D eigenvalue weighted by atomic mass is 32.2. The number of carbonyl (C=O) groups excluding carboxylic acids is 5. The van der Waals surface area contributed by atoms with Crippen molar-refractivity contribution in [2.75, 3.05) is 13.1 Å². The van der Waals surface area contributed by atoms with E-state index in [2.05, 4.69) is 25.9 Å². The van der Waals surface area contributed by atoms with Gasteiger partial charge in [-0.2, -0.15) is 0 Å². The number of aliphatic hydroxyl groups is 2. The van der Waals surface area contributed by atoms with E-state index in [0.717, 1.165) is 42.0 Å². The first kappa shape index (κ1) is 76.6. The predicted molar refractivity (Wildman–Crippen MR) is 365 cm³/mol. The highest BCUT2D eigenvalue weighted by Gasteiger charge is 2.36. The van der Waals surface area contributed by atoms with Crippen LogP contribution in [0.25, 0.3) is 21.8 Å². The number of amides is 5. The van der Waals surface area contributed by atoms with Gasteiger partial charge >= 0.3 is 5.97 Å². The molecule has 27 heteroatoms. The van der Waals surface area contributed by atoms with Gasteiger partial charge in [0.1, 0.15) is 23.5 Å². The van der Waals surface area contributed by atoms with E-state index < -0.39 is 117 Å². The number of aromatic nitrogens is 2. The second kappa shape index (κ2) is 36.6. The summed E-state index contributed by atoms with van der Waals surface area (Å²) in [5.74, 6) is -5.18. The van der Waals surface area contributed by atoms with Gasteiger partial charge in [-0.25, -0.2) is 31.6 Å². The second-order valence-corrected chi connectivity index (χ2v) is 26.7. The summed E-state index contributed by atoms with van der Waals surface area (Å²) in [5.41, 5.74) is 21.3. The molecule has 0 aliphatic heterocycles. The van der Waals surface area contributed by atoms with E-state index in [1.54, 1.807) is 98.8 Å². The summed E-state index contributed by atoms with van der Waals surface area (Å²) in [5, 5.41) is 40.2. The minimum atomic E-state index is -4.23.